The Kier molecular flexibility index (Phi) is 7.20. The van der Waals surface area contributed by atoms with Gasteiger partial charge in [-0.05, 0) is 47.5 Å². The van der Waals surface area contributed by atoms with Gasteiger partial charge in [-0.25, -0.2) is 0 Å². The summed E-state index contributed by atoms with van der Waals surface area (Å²) >= 11 is -0.181. The molecule has 0 radical (unpaired) electrons. The van der Waals surface area contributed by atoms with E-state index in [1.165, 1.54) is 30.3 Å². The number of carbonyl (C=O) groups excluding carboxylic acids is 2. The molecule has 0 spiro atoms. The van der Waals surface area contributed by atoms with Crippen LogP contribution in [0.5, 0.6) is 0 Å². The minimum atomic E-state index is -4.33. The maximum atomic E-state index is 12.5. The fraction of sp³-hybridized carbons (Fsp3) is 0.273. The molecular formula is C22H21F3N2O2S. The van der Waals surface area contributed by atoms with E-state index in [-0.39, 0.29) is 34.5 Å². The van der Waals surface area contributed by atoms with Gasteiger partial charge in [-0.2, -0.15) is 13.2 Å². The molecule has 3 rings (SSSR count). The summed E-state index contributed by atoms with van der Waals surface area (Å²) in [6.45, 7) is 1.07. The van der Waals surface area contributed by atoms with E-state index < -0.39 is 5.51 Å². The van der Waals surface area contributed by atoms with Crippen molar-refractivity contribution in [3.63, 3.8) is 0 Å². The molecule has 2 aromatic rings. The lowest BCUT2D eigenvalue weighted by Crippen LogP contribution is -2.38. The first-order valence-corrected chi connectivity index (χ1v) is 10.3. The molecule has 1 aliphatic heterocycles. The molecule has 2 aromatic carbocycles. The van der Waals surface area contributed by atoms with Crippen LogP contribution < -0.4 is 5.32 Å². The van der Waals surface area contributed by atoms with Crippen LogP contribution >= 0.6 is 11.8 Å². The van der Waals surface area contributed by atoms with E-state index in [1.54, 1.807) is 11.0 Å². The summed E-state index contributed by atoms with van der Waals surface area (Å²) in [4.78, 5) is 26.3. The molecule has 1 saturated heterocycles. The number of halogens is 3. The summed E-state index contributed by atoms with van der Waals surface area (Å²) in [5.41, 5.74) is -2.82. The third-order valence-electron chi connectivity index (χ3n) is 4.63. The van der Waals surface area contributed by atoms with Crippen LogP contribution in [0.4, 0.5) is 13.2 Å². The van der Waals surface area contributed by atoms with Crippen LogP contribution in [-0.2, 0) is 9.59 Å². The SMILES string of the molecule is O=C(C=Cc1ccc(SC(F)(F)F)cc1)NC(CN1CCCC1=O)c1ccccc1. The highest BCUT2D eigenvalue weighted by Gasteiger charge is 2.29. The van der Waals surface area contributed by atoms with Gasteiger partial charge in [0.05, 0.1) is 6.04 Å². The lowest BCUT2D eigenvalue weighted by molar-refractivity contribution is -0.128. The summed E-state index contributed by atoms with van der Waals surface area (Å²) in [6.07, 6.45) is 4.23. The molecule has 1 atom stereocenters. The molecule has 1 fully saturated rings. The molecule has 30 heavy (non-hydrogen) atoms. The van der Waals surface area contributed by atoms with Crippen molar-refractivity contribution in [2.45, 2.75) is 29.3 Å². The van der Waals surface area contributed by atoms with Crippen LogP contribution in [0.2, 0.25) is 0 Å². The first kappa shape index (κ1) is 22.0. The molecule has 0 aromatic heterocycles. The molecular weight excluding hydrogens is 413 g/mol. The Hall–Kier alpha value is -2.74. The highest BCUT2D eigenvalue weighted by Crippen LogP contribution is 2.36. The molecule has 0 aliphatic carbocycles. The number of hydrogen-bond donors (Lipinski definition) is 1. The number of carbonyl (C=O) groups is 2. The first-order valence-electron chi connectivity index (χ1n) is 9.47. The summed E-state index contributed by atoms with van der Waals surface area (Å²) in [5, 5.41) is 2.92. The summed E-state index contributed by atoms with van der Waals surface area (Å²) < 4.78 is 37.2. The third-order valence-corrected chi connectivity index (χ3v) is 5.37. The largest absolute Gasteiger partial charge is 0.446 e. The molecule has 8 heteroatoms. The Morgan fingerprint density at radius 1 is 1.13 bits per heavy atom. The van der Waals surface area contributed by atoms with Crippen molar-refractivity contribution in [2.24, 2.45) is 0 Å². The van der Waals surface area contributed by atoms with Gasteiger partial charge >= 0.3 is 5.51 Å². The Labute approximate surface area is 177 Å². The van der Waals surface area contributed by atoms with Gasteiger partial charge in [0.1, 0.15) is 0 Å². The quantitative estimate of drug-likeness (QED) is 0.504. The van der Waals surface area contributed by atoms with Gasteiger partial charge in [-0.15, -0.1) is 0 Å². The molecule has 1 unspecified atom stereocenters. The zero-order valence-corrected chi connectivity index (χ0v) is 16.9. The number of benzene rings is 2. The second kappa shape index (κ2) is 9.84. The molecule has 0 saturated carbocycles. The zero-order chi connectivity index (χ0) is 21.6. The number of alkyl halides is 3. The van der Waals surface area contributed by atoms with Crippen LogP contribution in [-0.4, -0.2) is 35.3 Å². The average Bonchev–Trinajstić information content (AvgIpc) is 3.11. The van der Waals surface area contributed by atoms with E-state index in [2.05, 4.69) is 5.32 Å². The molecule has 4 nitrogen and oxygen atoms in total. The molecule has 0 bridgehead atoms. The Balaban J connectivity index is 1.64. The molecule has 158 valence electrons. The van der Waals surface area contributed by atoms with Crippen LogP contribution in [0.1, 0.15) is 30.0 Å². The first-order chi connectivity index (χ1) is 14.3. The average molecular weight is 434 g/mol. The molecule has 1 heterocycles. The Bertz CT molecular complexity index is 899. The normalized spacial score (nSPS) is 15.6. The van der Waals surface area contributed by atoms with Crippen molar-refractivity contribution in [1.82, 2.24) is 10.2 Å². The summed E-state index contributed by atoms with van der Waals surface area (Å²) in [6, 6.07) is 14.8. The lowest BCUT2D eigenvalue weighted by atomic mass is 10.1. The smallest absolute Gasteiger partial charge is 0.344 e. The third kappa shape index (κ3) is 6.66. The minimum Gasteiger partial charge on any atom is -0.344 e. The van der Waals surface area contributed by atoms with Crippen LogP contribution in [0, 0.1) is 0 Å². The summed E-state index contributed by atoms with van der Waals surface area (Å²) in [7, 11) is 0. The van der Waals surface area contributed by atoms with Gasteiger partial charge in [0.25, 0.3) is 0 Å². The predicted octanol–water partition coefficient (Wildman–Crippen LogP) is 4.79. The highest BCUT2D eigenvalue weighted by atomic mass is 32.2. The van der Waals surface area contributed by atoms with Crippen molar-refractivity contribution in [3.8, 4) is 0 Å². The monoisotopic (exact) mass is 434 g/mol. The topological polar surface area (TPSA) is 49.4 Å². The van der Waals surface area contributed by atoms with Gasteiger partial charge in [-0.3, -0.25) is 9.59 Å². The predicted molar refractivity (Wildman–Crippen MR) is 111 cm³/mol. The van der Waals surface area contributed by atoms with E-state index in [4.69, 9.17) is 0 Å². The number of thioether (sulfide) groups is 1. The van der Waals surface area contributed by atoms with Crippen molar-refractivity contribution >= 4 is 29.7 Å². The second-order valence-electron chi connectivity index (χ2n) is 6.87. The zero-order valence-electron chi connectivity index (χ0n) is 16.1. The van der Waals surface area contributed by atoms with Gasteiger partial charge < -0.3 is 10.2 Å². The van der Waals surface area contributed by atoms with Crippen LogP contribution in [0.15, 0.2) is 65.6 Å². The number of likely N-dealkylation sites (tertiary alicyclic amines) is 1. The van der Waals surface area contributed by atoms with E-state index in [0.29, 0.717) is 25.1 Å². The Morgan fingerprint density at radius 3 is 2.43 bits per heavy atom. The number of amides is 2. The van der Waals surface area contributed by atoms with Crippen LogP contribution in [0.25, 0.3) is 6.08 Å². The lowest BCUT2D eigenvalue weighted by Gasteiger charge is -2.24. The number of nitrogens with zero attached hydrogens (tertiary/aromatic N) is 1. The maximum Gasteiger partial charge on any atom is 0.446 e. The number of nitrogens with one attached hydrogen (secondary N) is 1. The van der Waals surface area contributed by atoms with Gasteiger partial charge in [0.2, 0.25) is 11.8 Å². The minimum absolute atomic E-state index is 0.0811. The fourth-order valence-electron chi connectivity index (χ4n) is 3.21. The molecule has 2 amide bonds. The van der Waals surface area contributed by atoms with Crippen LogP contribution in [0.3, 0.4) is 0 Å². The van der Waals surface area contributed by atoms with E-state index in [9.17, 15) is 22.8 Å². The van der Waals surface area contributed by atoms with E-state index >= 15 is 0 Å². The van der Waals surface area contributed by atoms with Crippen molar-refractivity contribution < 1.29 is 22.8 Å². The standard InChI is InChI=1S/C22H21F3N2O2S/c23-22(24,25)30-18-11-8-16(9-12-18)10-13-20(28)26-19(17-5-2-1-3-6-17)15-27-14-4-7-21(27)29/h1-3,5-6,8-13,19H,4,7,14-15H2,(H,26,28). The van der Waals surface area contributed by atoms with Crippen molar-refractivity contribution in [2.75, 3.05) is 13.1 Å². The van der Waals surface area contributed by atoms with Crippen molar-refractivity contribution in [1.29, 1.82) is 0 Å². The fourth-order valence-corrected chi connectivity index (χ4v) is 3.75. The molecule has 1 aliphatic rings. The van der Waals surface area contributed by atoms with Gasteiger partial charge in [0, 0.05) is 30.5 Å². The van der Waals surface area contributed by atoms with E-state index in [0.717, 1.165) is 12.0 Å². The second-order valence-corrected chi connectivity index (χ2v) is 8.00. The Morgan fingerprint density at radius 2 is 1.83 bits per heavy atom. The van der Waals surface area contributed by atoms with Gasteiger partial charge in [0.15, 0.2) is 0 Å². The number of rotatable bonds is 7. The van der Waals surface area contributed by atoms with E-state index in [1.807, 2.05) is 30.3 Å². The number of hydrogen-bond acceptors (Lipinski definition) is 3. The highest BCUT2D eigenvalue weighted by molar-refractivity contribution is 8.00. The maximum absolute atomic E-state index is 12.5. The summed E-state index contributed by atoms with van der Waals surface area (Å²) in [5.74, 6) is -0.262. The van der Waals surface area contributed by atoms with Gasteiger partial charge in [-0.1, -0.05) is 42.5 Å². The molecule has 1 N–H and O–H groups in total. The van der Waals surface area contributed by atoms with Crippen molar-refractivity contribution in [3.05, 3.63) is 71.8 Å².